The van der Waals surface area contributed by atoms with Crippen LogP contribution in [0.25, 0.3) is 0 Å². The van der Waals surface area contributed by atoms with E-state index in [4.69, 9.17) is 17.3 Å². The van der Waals surface area contributed by atoms with Crippen molar-refractivity contribution in [3.8, 4) is 0 Å². The first-order chi connectivity index (χ1) is 9.51. The molecule has 1 aromatic carbocycles. The lowest BCUT2D eigenvalue weighted by Gasteiger charge is -2.07. The summed E-state index contributed by atoms with van der Waals surface area (Å²) < 4.78 is 0.317. The van der Waals surface area contributed by atoms with Crippen LogP contribution in [0.3, 0.4) is 0 Å². The Morgan fingerprint density at radius 2 is 1.90 bits per heavy atom. The standard InChI is InChI=1S/C14H14N2O3S/c1-2-11-10(12(17)16-14(20)15-11)7-8-3-5-9(6-4-8)13(18)19/h3-6H,2,7H2,1H3,(H,18,19)(H2,15,16,17,20). The van der Waals surface area contributed by atoms with Crippen molar-refractivity contribution in [1.29, 1.82) is 0 Å². The molecule has 104 valence electrons. The minimum atomic E-state index is -0.965. The normalized spacial score (nSPS) is 10.4. The Kier molecular flexibility index (Phi) is 4.14. The van der Waals surface area contributed by atoms with Crippen LogP contribution in [0.15, 0.2) is 29.1 Å². The van der Waals surface area contributed by atoms with E-state index in [0.29, 0.717) is 23.2 Å². The molecule has 0 saturated carbocycles. The van der Waals surface area contributed by atoms with Gasteiger partial charge in [0.15, 0.2) is 4.77 Å². The van der Waals surface area contributed by atoms with Crippen LogP contribution < -0.4 is 5.56 Å². The van der Waals surface area contributed by atoms with Crippen LogP contribution in [0.4, 0.5) is 0 Å². The second-order valence-corrected chi connectivity index (χ2v) is 4.81. The summed E-state index contributed by atoms with van der Waals surface area (Å²) >= 11 is 4.95. The average molecular weight is 290 g/mol. The van der Waals surface area contributed by atoms with Crippen molar-refractivity contribution in [3.05, 3.63) is 61.8 Å². The molecule has 6 heteroatoms. The molecule has 1 aromatic heterocycles. The Balaban J connectivity index is 2.37. The number of nitrogens with one attached hydrogen (secondary N) is 2. The average Bonchev–Trinajstić information content (AvgIpc) is 2.42. The first-order valence-electron chi connectivity index (χ1n) is 6.18. The maximum Gasteiger partial charge on any atom is 0.335 e. The van der Waals surface area contributed by atoms with E-state index < -0.39 is 5.97 Å². The van der Waals surface area contributed by atoms with Gasteiger partial charge in [0.2, 0.25) is 0 Å². The summed E-state index contributed by atoms with van der Waals surface area (Å²) in [4.78, 5) is 28.3. The van der Waals surface area contributed by atoms with Crippen LogP contribution in [0.5, 0.6) is 0 Å². The van der Waals surface area contributed by atoms with Crippen LogP contribution in [-0.2, 0) is 12.8 Å². The largest absolute Gasteiger partial charge is 0.478 e. The van der Waals surface area contributed by atoms with Crippen LogP contribution in [0, 0.1) is 4.77 Å². The molecule has 2 aromatic rings. The van der Waals surface area contributed by atoms with E-state index in [-0.39, 0.29) is 11.1 Å². The predicted octanol–water partition coefficient (Wildman–Crippen LogP) is 2.28. The van der Waals surface area contributed by atoms with Gasteiger partial charge in [0.05, 0.1) is 5.56 Å². The number of aromatic nitrogens is 2. The molecule has 0 amide bonds. The first kappa shape index (κ1) is 14.2. The third-order valence-corrected chi connectivity index (χ3v) is 3.27. The summed E-state index contributed by atoms with van der Waals surface area (Å²) in [6.45, 7) is 1.94. The second-order valence-electron chi connectivity index (χ2n) is 4.40. The highest BCUT2D eigenvalue weighted by Crippen LogP contribution is 2.11. The van der Waals surface area contributed by atoms with E-state index in [9.17, 15) is 9.59 Å². The summed E-state index contributed by atoms with van der Waals surface area (Å²) in [5.41, 5.74) is 2.34. The summed E-state index contributed by atoms with van der Waals surface area (Å²) in [6.07, 6.45) is 1.11. The molecule has 0 radical (unpaired) electrons. The topological polar surface area (TPSA) is 86.0 Å². The number of aryl methyl sites for hydroxylation is 1. The van der Waals surface area contributed by atoms with Gasteiger partial charge >= 0.3 is 5.97 Å². The fraction of sp³-hybridized carbons (Fsp3) is 0.214. The van der Waals surface area contributed by atoms with Gasteiger partial charge in [-0.15, -0.1) is 0 Å². The Morgan fingerprint density at radius 1 is 1.25 bits per heavy atom. The molecule has 2 rings (SSSR count). The number of H-pyrrole nitrogens is 2. The number of aromatic amines is 2. The predicted molar refractivity (Wildman–Crippen MR) is 77.8 cm³/mol. The first-order valence-corrected chi connectivity index (χ1v) is 6.58. The van der Waals surface area contributed by atoms with E-state index in [0.717, 1.165) is 11.3 Å². The number of carbonyl (C=O) groups is 1. The molecule has 0 aliphatic heterocycles. The molecule has 0 bridgehead atoms. The molecule has 0 aliphatic carbocycles. The molecule has 0 fully saturated rings. The van der Waals surface area contributed by atoms with Crippen molar-refractivity contribution in [2.45, 2.75) is 19.8 Å². The van der Waals surface area contributed by atoms with Gasteiger partial charge in [-0.05, 0) is 36.3 Å². The fourth-order valence-corrected chi connectivity index (χ4v) is 2.23. The quantitative estimate of drug-likeness (QED) is 0.754. The number of carboxylic acids is 1. The Labute approximate surface area is 120 Å². The molecule has 20 heavy (non-hydrogen) atoms. The third kappa shape index (κ3) is 3.03. The fourth-order valence-electron chi connectivity index (χ4n) is 2.02. The number of benzene rings is 1. The smallest absolute Gasteiger partial charge is 0.335 e. The molecule has 3 N–H and O–H groups in total. The summed E-state index contributed by atoms with van der Waals surface area (Å²) in [5.74, 6) is -0.965. The highest BCUT2D eigenvalue weighted by molar-refractivity contribution is 7.71. The van der Waals surface area contributed by atoms with Gasteiger partial charge in [-0.3, -0.25) is 9.78 Å². The molecule has 0 unspecified atom stereocenters. The van der Waals surface area contributed by atoms with Crippen molar-refractivity contribution in [2.75, 3.05) is 0 Å². The Bertz CT molecular complexity index is 744. The monoisotopic (exact) mass is 290 g/mol. The molecular weight excluding hydrogens is 276 g/mol. The van der Waals surface area contributed by atoms with Crippen molar-refractivity contribution in [3.63, 3.8) is 0 Å². The highest BCUT2D eigenvalue weighted by atomic mass is 32.1. The number of carboxylic acid groups (broad SMARTS) is 1. The molecule has 1 heterocycles. The summed E-state index contributed by atoms with van der Waals surface area (Å²) in [7, 11) is 0. The Hall–Kier alpha value is -2.21. The highest BCUT2D eigenvalue weighted by Gasteiger charge is 2.09. The Morgan fingerprint density at radius 3 is 2.45 bits per heavy atom. The van der Waals surface area contributed by atoms with Crippen LogP contribution >= 0.6 is 12.2 Å². The van der Waals surface area contributed by atoms with Gasteiger partial charge in [0.25, 0.3) is 5.56 Å². The zero-order chi connectivity index (χ0) is 14.7. The van der Waals surface area contributed by atoms with Gasteiger partial charge in [-0.2, -0.15) is 0 Å². The number of hydrogen-bond acceptors (Lipinski definition) is 3. The minimum absolute atomic E-state index is 0.201. The summed E-state index contributed by atoms with van der Waals surface area (Å²) in [6, 6.07) is 6.49. The van der Waals surface area contributed by atoms with Crippen LogP contribution in [0.2, 0.25) is 0 Å². The van der Waals surface area contributed by atoms with E-state index in [1.54, 1.807) is 12.1 Å². The lowest BCUT2D eigenvalue weighted by molar-refractivity contribution is 0.0697. The number of hydrogen-bond donors (Lipinski definition) is 3. The van der Waals surface area contributed by atoms with Gasteiger partial charge in [-0.1, -0.05) is 19.1 Å². The van der Waals surface area contributed by atoms with Crippen molar-refractivity contribution in [1.82, 2.24) is 9.97 Å². The van der Waals surface area contributed by atoms with Gasteiger partial charge in [0, 0.05) is 17.7 Å². The van der Waals surface area contributed by atoms with Crippen LogP contribution in [-0.4, -0.2) is 21.0 Å². The van der Waals surface area contributed by atoms with E-state index in [2.05, 4.69) is 9.97 Å². The number of rotatable bonds is 4. The van der Waals surface area contributed by atoms with Crippen LogP contribution in [0.1, 0.15) is 34.1 Å². The molecular formula is C14H14N2O3S. The maximum absolute atomic E-state index is 12.0. The van der Waals surface area contributed by atoms with Gasteiger partial charge < -0.3 is 10.1 Å². The lowest BCUT2D eigenvalue weighted by Crippen LogP contribution is -2.18. The lowest BCUT2D eigenvalue weighted by atomic mass is 10.0. The van der Waals surface area contributed by atoms with Gasteiger partial charge in [0.1, 0.15) is 0 Å². The second kappa shape index (κ2) is 5.83. The van der Waals surface area contributed by atoms with Gasteiger partial charge in [-0.25, -0.2) is 4.79 Å². The number of aromatic carboxylic acids is 1. The molecule has 0 atom stereocenters. The molecule has 0 aliphatic rings. The minimum Gasteiger partial charge on any atom is -0.478 e. The van der Waals surface area contributed by atoms with E-state index in [1.165, 1.54) is 12.1 Å². The van der Waals surface area contributed by atoms with Crippen molar-refractivity contribution >= 4 is 18.2 Å². The molecule has 5 nitrogen and oxygen atoms in total. The SMILES string of the molecule is CCc1[nH]c(=S)[nH]c(=O)c1Cc1ccc(C(=O)O)cc1. The maximum atomic E-state index is 12.0. The van der Waals surface area contributed by atoms with E-state index in [1.807, 2.05) is 6.92 Å². The zero-order valence-corrected chi connectivity index (χ0v) is 11.7. The van der Waals surface area contributed by atoms with E-state index >= 15 is 0 Å². The zero-order valence-electron chi connectivity index (χ0n) is 10.9. The van der Waals surface area contributed by atoms with Crippen molar-refractivity contribution < 1.29 is 9.90 Å². The summed E-state index contributed by atoms with van der Waals surface area (Å²) in [5, 5.41) is 8.85. The molecule has 0 spiro atoms. The third-order valence-electron chi connectivity index (χ3n) is 3.07. The molecule has 0 saturated heterocycles. The van der Waals surface area contributed by atoms with Crippen molar-refractivity contribution in [2.24, 2.45) is 0 Å².